The number of piperidine rings is 1. The van der Waals surface area contributed by atoms with Crippen LogP contribution in [0, 0.1) is 0 Å². The molecule has 1 aromatic carbocycles. The van der Waals surface area contributed by atoms with Gasteiger partial charge in [-0.2, -0.15) is 0 Å². The SMILES string of the molecule is CCc1c(C(=O)NC2CC3CCC(C2)N3)nnn1-c1ccc(OC(C)C)cc1. The molecule has 0 saturated carbocycles. The van der Waals surface area contributed by atoms with Gasteiger partial charge in [0.15, 0.2) is 5.69 Å². The summed E-state index contributed by atoms with van der Waals surface area (Å²) in [6.07, 6.45) is 5.22. The number of nitrogens with zero attached hydrogens (tertiary/aromatic N) is 3. The predicted octanol–water partition coefficient (Wildman–Crippen LogP) is 2.63. The van der Waals surface area contributed by atoms with Gasteiger partial charge in [-0.15, -0.1) is 5.10 Å². The largest absolute Gasteiger partial charge is 0.491 e. The third kappa shape index (κ3) is 3.90. The molecule has 28 heavy (non-hydrogen) atoms. The lowest BCUT2D eigenvalue weighted by atomic mass is 9.99. The van der Waals surface area contributed by atoms with Gasteiger partial charge in [-0.3, -0.25) is 4.79 Å². The molecule has 2 aliphatic heterocycles. The highest BCUT2D eigenvalue weighted by atomic mass is 16.5. The average molecular weight is 383 g/mol. The molecule has 0 aliphatic carbocycles. The molecular weight excluding hydrogens is 354 g/mol. The molecule has 150 valence electrons. The highest BCUT2D eigenvalue weighted by molar-refractivity contribution is 5.93. The van der Waals surface area contributed by atoms with Crippen molar-refractivity contribution in [2.45, 2.75) is 77.1 Å². The van der Waals surface area contributed by atoms with Gasteiger partial charge in [0, 0.05) is 18.1 Å². The number of rotatable bonds is 6. The van der Waals surface area contributed by atoms with Gasteiger partial charge in [0.2, 0.25) is 0 Å². The molecule has 0 spiro atoms. The van der Waals surface area contributed by atoms with Crippen LogP contribution in [0.25, 0.3) is 5.69 Å². The number of amides is 1. The molecule has 1 aromatic heterocycles. The first kappa shape index (κ1) is 18.9. The van der Waals surface area contributed by atoms with E-state index < -0.39 is 0 Å². The minimum atomic E-state index is -0.117. The number of hydrogen-bond donors (Lipinski definition) is 2. The van der Waals surface area contributed by atoms with Crippen LogP contribution in [-0.4, -0.2) is 45.1 Å². The second-order valence-electron chi connectivity index (χ2n) is 8.09. The molecular formula is C21H29N5O2. The van der Waals surface area contributed by atoms with Crippen molar-refractivity contribution in [2.24, 2.45) is 0 Å². The van der Waals surface area contributed by atoms with Gasteiger partial charge in [-0.25, -0.2) is 4.68 Å². The van der Waals surface area contributed by atoms with Crippen LogP contribution in [-0.2, 0) is 6.42 Å². The number of benzene rings is 1. The van der Waals surface area contributed by atoms with E-state index >= 15 is 0 Å². The number of hydrogen-bond acceptors (Lipinski definition) is 5. The zero-order valence-electron chi connectivity index (χ0n) is 16.8. The smallest absolute Gasteiger partial charge is 0.273 e. The second kappa shape index (κ2) is 7.91. The molecule has 2 saturated heterocycles. The summed E-state index contributed by atoms with van der Waals surface area (Å²) < 4.78 is 7.45. The molecule has 2 aliphatic rings. The Morgan fingerprint density at radius 3 is 2.54 bits per heavy atom. The van der Waals surface area contributed by atoms with Crippen molar-refractivity contribution >= 4 is 5.91 Å². The van der Waals surface area contributed by atoms with Crippen LogP contribution in [0.3, 0.4) is 0 Å². The lowest BCUT2D eigenvalue weighted by Gasteiger charge is -2.29. The predicted molar refractivity (Wildman–Crippen MR) is 107 cm³/mol. The molecule has 0 radical (unpaired) electrons. The van der Waals surface area contributed by atoms with Crippen molar-refractivity contribution in [1.29, 1.82) is 0 Å². The molecule has 2 unspecified atom stereocenters. The van der Waals surface area contributed by atoms with Crippen molar-refractivity contribution in [3.8, 4) is 11.4 Å². The third-order valence-corrected chi connectivity index (χ3v) is 5.57. The van der Waals surface area contributed by atoms with Gasteiger partial charge in [-0.1, -0.05) is 12.1 Å². The Morgan fingerprint density at radius 2 is 1.93 bits per heavy atom. The van der Waals surface area contributed by atoms with Gasteiger partial charge in [-0.05, 0) is 70.2 Å². The molecule has 2 aromatic rings. The van der Waals surface area contributed by atoms with E-state index in [4.69, 9.17) is 4.74 Å². The molecule has 1 amide bonds. The maximum atomic E-state index is 12.9. The van der Waals surface area contributed by atoms with E-state index in [1.54, 1.807) is 4.68 Å². The summed E-state index contributed by atoms with van der Waals surface area (Å²) >= 11 is 0. The minimum Gasteiger partial charge on any atom is -0.491 e. The molecule has 4 rings (SSSR count). The van der Waals surface area contributed by atoms with E-state index in [2.05, 4.69) is 20.9 Å². The fourth-order valence-corrected chi connectivity index (χ4v) is 4.37. The quantitative estimate of drug-likeness (QED) is 0.801. The highest BCUT2D eigenvalue weighted by Crippen LogP contribution is 2.27. The topological polar surface area (TPSA) is 81.1 Å². The average Bonchev–Trinajstić information content (AvgIpc) is 3.24. The van der Waals surface area contributed by atoms with E-state index in [9.17, 15) is 4.79 Å². The summed E-state index contributed by atoms with van der Waals surface area (Å²) in [6, 6.07) is 9.01. The monoisotopic (exact) mass is 383 g/mol. The van der Waals surface area contributed by atoms with Crippen molar-refractivity contribution in [2.75, 3.05) is 0 Å². The van der Waals surface area contributed by atoms with Gasteiger partial charge in [0.1, 0.15) is 5.75 Å². The number of carbonyl (C=O) groups excluding carboxylic acids is 1. The van der Waals surface area contributed by atoms with Crippen LogP contribution in [0.4, 0.5) is 0 Å². The summed E-state index contributed by atoms with van der Waals surface area (Å²) in [5.74, 6) is 0.699. The molecule has 7 heteroatoms. The first-order valence-corrected chi connectivity index (χ1v) is 10.3. The minimum absolute atomic E-state index is 0.117. The van der Waals surface area contributed by atoms with Gasteiger partial charge in [0.05, 0.1) is 17.5 Å². The first-order chi connectivity index (χ1) is 13.5. The second-order valence-corrected chi connectivity index (χ2v) is 8.09. The van der Waals surface area contributed by atoms with E-state index in [1.807, 2.05) is 45.0 Å². The van der Waals surface area contributed by atoms with Crippen LogP contribution in [0.1, 0.15) is 62.6 Å². The Balaban J connectivity index is 1.50. The first-order valence-electron chi connectivity index (χ1n) is 10.3. The van der Waals surface area contributed by atoms with Crippen LogP contribution in [0.5, 0.6) is 5.75 Å². The van der Waals surface area contributed by atoms with Crippen molar-refractivity contribution in [1.82, 2.24) is 25.6 Å². The molecule has 2 N–H and O–H groups in total. The summed E-state index contributed by atoms with van der Waals surface area (Å²) in [7, 11) is 0. The molecule has 2 bridgehead atoms. The lowest BCUT2D eigenvalue weighted by molar-refractivity contribution is 0.0918. The Kier molecular flexibility index (Phi) is 5.35. The fourth-order valence-electron chi connectivity index (χ4n) is 4.37. The fraction of sp³-hybridized carbons (Fsp3) is 0.571. The van der Waals surface area contributed by atoms with Gasteiger partial charge < -0.3 is 15.4 Å². The highest BCUT2D eigenvalue weighted by Gasteiger charge is 2.34. The number of nitrogens with one attached hydrogen (secondary N) is 2. The van der Waals surface area contributed by atoms with E-state index in [0.717, 1.165) is 30.0 Å². The van der Waals surface area contributed by atoms with Crippen LogP contribution < -0.4 is 15.4 Å². The molecule has 3 heterocycles. The van der Waals surface area contributed by atoms with Crippen molar-refractivity contribution in [3.63, 3.8) is 0 Å². The molecule has 2 atom stereocenters. The molecule has 2 fully saturated rings. The summed E-state index contributed by atoms with van der Waals surface area (Å²) in [6.45, 7) is 6.02. The Labute approximate surface area is 165 Å². The normalized spacial score (nSPS) is 23.8. The Bertz CT molecular complexity index is 818. The zero-order valence-corrected chi connectivity index (χ0v) is 16.8. The van der Waals surface area contributed by atoms with E-state index in [-0.39, 0.29) is 18.1 Å². The lowest BCUT2D eigenvalue weighted by Crippen LogP contribution is -2.48. The van der Waals surface area contributed by atoms with E-state index in [0.29, 0.717) is 24.2 Å². The van der Waals surface area contributed by atoms with Crippen molar-refractivity contribution in [3.05, 3.63) is 35.7 Å². The zero-order chi connectivity index (χ0) is 19.7. The standard InChI is InChI=1S/C21H29N5O2/c1-4-19-20(21(27)23-16-11-14-5-6-15(12-16)22-14)24-25-26(19)17-7-9-18(10-8-17)28-13(2)3/h7-10,13-16,22H,4-6,11-12H2,1-3H3,(H,23,27). The number of fused-ring (bicyclic) bond motifs is 2. The summed E-state index contributed by atoms with van der Waals surface area (Å²) in [4.78, 5) is 12.9. The maximum Gasteiger partial charge on any atom is 0.273 e. The Morgan fingerprint density at radius 1 is 1.25 bits per heavy atom. The summed E-state index contributed by atoms with van der Waals surface area (Å²) in [5.41, 5.74) is 2.13. The number of ether oxygens (including phenoxy) is 1. The summed E-state index contributed by atoms with van der Waals surface area (Å²) in [5, 5.41) is 15.3. The van der Waals surface area contributed by atoms with Gasteiger partial charge in [0.25, 0.3) is 5.91 Å². The van der Waals surface area contributed by atoms with Gasteiger partial charge >= 0.3 is 0 Å². The van der Waals surface area contributed by atoms with Crippen LogP contribution in [0.15, 0.2) is 24.3 Å². The number of aromatic nitrogens is 3. The number of carbonyl (C=O) groups is 1. The van der Waals surface area contributed by atoms with E-state index in [1.165, 1.54) is 12.8 Å². The van der Waals surface area contributed by atoms with Crippen LogP contribution in [0.2, 0.25) is 0 Å². The van der Waals surface area contributed by atoms with Crippen molar-refractivity contribution < 1.29 is 9.53 Å². The van der Waals surface area contributed by atoms with Crippen LogP contribution >= 0.6 is 0 Å². The Hall–Kier alpha value is -2.41. The maximum absolute atomic E-state index is 12.9. The third-order valence-electron chi connectivity index (χ3n) is 5.57. The molecule has 7 nitrogen and oxygen atoms in total.